The monoisotopic (exact) mass is 290 g/mol. The van der Waals surface area contributed by atoms with Crippen LogP contribution in [0, 0.1) is 0 Å². The van der Waals surface area contributed by atoms with Crippen molar-refractivity contribution in [2.75, 3.05) is 13.1 Å². The van der Waals surface area contributed by atoms with Crippen LogP contribution < -0.4 is 0 Å². The summed E-state index contributed by atoms with van der Waals surface area (Å²) < 4.78 is 2.41. The smallest absolute Gasteiger partial charge is 0.111 e. The van der Waals surface area contributed by atoms with Gasteiger partial charge in [0.15, 0.2) is 0 Å². The van der Waals surface area contributed by atoms with Gasteiger partial charge in [-0.15, -0.1) is 0 Å². The van der Waals surface area contributed by atoms with E-state index in [1.165, 1.54) is 90.1 Å². The van der Waals surface area contributed by atoms with Gasteiger partial charge >= 0.3 is 0 Å². The predicted octanol–water partition coefficient (Wildman–Crippen LogP) is 4.56. The van der Waals surface area contributed by atoms with Crippen LogP contribution in [0.25, 0.3) is 0 Å². The molecule has 2 aliphatic rings. The van der Waals surface area contributed by atoms with Gasteiger partial charge in [0, 0.05) is 13.1 Å². The second-order valence-corrected chi connectivity index (χ2v) is 7.83. The Morgan fingerprint density at radius 3 is 2.20 bits per heavy atom. The molecule has 20 heavy (non-hydrogen) atoms. The van der Waals surface area contributed by atoms with Gasteiger partial charge in [-0.05, 0) is 12.8 Å². The molecule has 2 rings (SSSR count). The lowest BCUT2D eigenvalue weighted by Crippen LogP contribution is -2.28. The van der Waals surface area contributed by atoms with E-state index >= 15 is 0 Å². The summed E-state index contributed by atoms with van der Waals surface area (Å²) in [5.41, 5.74) is 0. The quantitative estimate of drug-likeness (QED) is 0.532. The molecule has 0 aromatic carbocycles. The number of hydrogen-bond donors (Lipinski definition) is 0. The van der Waals surface area contributed by atoms with Crippen LogP contribution in [0.1, 0.15) is 77.0 Å². The molecule has 0 aromatic heterocycles. The molecule has 4 heteroatoms. The fourth-order valence-corrected chi connectivity index (χ4v) is 4.18. The Morgan fingerprint density at radius 2 is 1.50 bits per heavy atom. The SMILES string of the molecule is [B]C1([B]C2CCCCN(P)CC2)CCCCCCCC1. The molecule has 0 aromatic rings. The van der Waals surface area contributed by atoms with Crippen LogP contribution in [-0.4, -0.2) is 32.9 Å². The van der Waals surface area contributed by atoms with E-state index < -0.39 is 0 Å². The molecule has 1 nitrogen and oxygen atoms in total. The Morgan fingerprint density at radius 1 is 0.850 bits per heavy atom. The molecule has 1 saturated carbocycles. The molecule has 1 saturated heterocycles. The van der Waals surface area contributed by atoms with Crippen molar-refractivity contribution in [3.63, 3.8) is 0 Å². The van der Waals surface area contributed by atoms with Crippen molar-refractivity contribution in [2.24, 2.45) is 0 Å². The molecule has 0 bridgehead atoms. The molecule has 2 unspecified atom stereocenters. The van der Waals surface area contributed by atoms with Crippen LogP contribution in [-0.2, 0) is 0 Å². The molecule has 1 heterocycles. The highest BCUT2D eigenvalue weighted by molar-refractivity contribution is 7.13. The first-order valence-electron chi connectivity index (χ1n) is 8.82. The molecule has 2 fully saturated rings. The highest BCUT2D eigenvalue weighted by Crippen LogP contribution is 2.40. The van der Waals surface area contributed by atoms with Gasteiger partial charge in [-0.1, -0.05) is 84.6 Å². The normalized spacial score (nSPS) is 30.4. The first-order valence-corrected chi connectivity index (χ1v) is 9.34. The Bertz CT molecular complexity index is 265. The summed E-state index contributed by atoms with van der Waals surface area (Å²) in [4.78, 5) is 0. The van der Waals surface area contributed by atoms with Crippen molar-refractivity contribution >= 4 is 24.5 Å². The molecule has 3 radical (unpaired) electrons. The molecule has 1 aliphatic carbocycles. The van der Waals surface area contributed by atoms with Crippen LogP contribution in [0.4, 0.5) is 0 Å². The van der Waals surface area contributed by atoms with Crippen LogP contribution >= 0.6 is 9.39 Å². The number of hydrogen-bond acceptors (Lipinski definition) is 1. The molecule has 0 spiro atoms. The minimum absolute atomic E-state index is 0.0277. The minimum atomic E-state index is 0.0277. The Labute approximate surface area is 130 Å². The molecule has 2 atom stereocenters. The fourth-order valence-electron chi connectivity index (χ4n) is 3.85. The molecular weight excluding hydrogens is 259 g/mol. The maximum Gasteiger partial charge on any atom is 0.111 e. The van der Waals surface area contributed by atoms with Gasteiger partial charge < -0.3 is 0 Å². The van der Waals surface area contributed by atoms with Crippen LogP contribution in [0.15, 0.2) is 0 Å². The van der Waals surface area contributed by atoms with Crippen LogP contribution in [0.2, 0.25) is 11.0 Å². The average Bonchev–Trinajstić information content (AvgIpc) is 2.51. The minimum Gasteiger partial charge on any atom is -0.287 e. The van der Waals surface area contributed by atoms with E-state index in [1.54, 1.807) is 0 Å². The van der Waals surface area contributed by atoms with Crippen LogP contribution in [0.3, 0.4) is 0 Å². The second kappa shape index (κ2) is 8.84. The molecule has 0 N–H and O–H groups in total. The zero-order valence-electron chi connectivity index (χ0n) is 13.2. The Kier molecular flexibility index (Phi) is 7.46. The van der Waals surface area contributed by atoms with E-state index in [2.05, 4.69) is 21.3 Å². The van der Waals surface area contributed by atoms with Gasteiger partial charge in [0.2, 0.25) is 0 Å². The van der Waals surface area contributed by atoms with Gasteiger partial charge in [0.25, 0.3) is 0 Å². The van der Waals surface area contributed by atoms with E-state index in [0.717, 1.165) is 5.82 Å². The van der Waals surface area contributed by atoms with Gasteiger partial charge in [0.1, 0.15) is 7.28 Å². The van der Waals surface area contributed by atoms with Gasteiger partial charge in [0.05, 0.1) is 7.85 Å². The summed E-state index contributed by atoms with van der Waals surface area (Å²) in [6.07, 6.45) is 16.1. The van der Waals surface area contributed by atoms with Gasteiger partial charge in [-0.25, -0.2) is 0 Å². The van der Waals surface area contributed by atoms with Crippen molar-refractivity contribution in [2.45, 2.75) is 88.1 Å². The largest absolute Gasteiger partial charge is 0.287 e. The molecule has 111 valence electrons. The fraction of sp³-hybridized carbons (Fsp3) is 1.00. The summed E-state index contributed by atoms with van der Waals surface area (Å²) in [7, 11) is 12.2. The van der Waals surface area contributed by atoms with E-state index in [9.17, 15) is 0 Å². The molecule has 1 aliphatic heterocycles. The van der Waals surface area contributed by atoms with E-state index in [-0.39, 0.29) is 5.21 Å². The maximum atomic E-state index is 6.78. The summed E-state index contributed by atoms with van der Waals surface area (Å²) in [5, 5.41) is 0.0277. The van der Waals surface area contributed by atoms with Crippen molar-refractivity contribution in [3.05, 3.63) is 0 Å². The zero-order chi connectivity index (χ0) is 14.3. The topological polar surface area (TPSA) is 3.24 Å². The second-order valence-electron chi connectivity index (χ2n) is 7.10. The Balaban J connectivity index is 1.86. The average molecular weight is 290 g/mol. The van der Waals surface area contributed by atoms with E-state index in [0.29, 0.717) is 0 Å². The van der Waals surface area contributed by atoms with Crippen molar-refractivity contribution in [1.82, 2.24) is 4.67 Å². The molecular formula is C16H31B2NP. The van der Waals surface area contributed by atoms with Crippen molar-refractivity contribution < 1.29 is 0 Å². The maximum absolute atomic E-state index is 6.78. The molecule has 0 amide bonds. The van der Waals surface area contributed by atoms with Crippen molar-refractivity contribution in [3.8, 4) is 0 Å². The van der Waals surface area contributed by atoms with Crippen LogP contribution in [0.5, 0.6) is 0 Å². The highest BCUT2D eigenvalue weighted by Gasteiger charge is 2.29. The zero-order valence-corrected chi connectivity index (χ0v) is 14.3. The predicted molar refractivity (Wildman–Crippen MR) is 94.6 cm³/mol. The first kappa shape index (κ1) is 16.9. The van der Waals surface area contributed by atoms with Gasteiger partial charge in [-0.3, -0.25) is 4.67 Å². The highest BCUT2D eigenvalue weighted by atomic mass is 31.0. The first-order chi connectivity index (χ1) is 9.68. The third-order valence-corrected chi connectivity index (χ3v) is 5.68. The number of rotatable bonds is 2. The van der Waals surface area contributed by atoms with E-state index in [1.807, 2.05) is 0 Å². The summed E-state index contributed by atoms with van der Waals surface area (Å²) >= 11 is 0. The third kappa shape index (κ3) is 6.10. The lowest BCUT2D eigenvalue weighted by molar-refractivity contribution is 0.393. The summed E-state index contributed by atoms with van der Waals surface area (Å²) in [6, 6.07) is 0. The lowest BCUT2D eigenvalue weighted by Gasteiger charge is -2.35. The van der Waals surface area contributed by atoms with Gasteiger partial charge in [-0.2, -0.15) is 0 Å². The third-order valence-electron chi connectivity index (χ3n) is 5.16. The van der Waals surface area contributed by atoms with Crippen molar-refractivity contribution in [1.29, 1.82) is 0 Å². The lowest BCUT2D eigenvalue weighted by atomic mass is 9.34. The summed E-state index contributed by atoms with van der Waals surface area (Å²) in [6.45, 7) is 2.45. The Hall–Kier alpha value is 0.520. The summed E-state index contributed by atoms with van der Waals surface area (Å²) in [5.74, 6) is 0.740. The van der Waals surface area contributed by atoms with E-state index in [4.69, 9.17) is 7.85 Å². The standard InChI is InChI=1S/C16H31B2NP/c17-16(11-6-3-1-2-4-7-12-16)18-15-9-5-8-13-19(20)14-10-15/h15H,1-14,20H2. The number of nitrogens with zero attached hydrogens (tertiary/aromatic N) is 1.